The van der Waals surface area contributed by atoms with Crippen molar-refractivity contribution >= 4 is 19.0 Å². The van der Waals surface area contributed by atoms with E-state index in [1.165, 1.54) is 0 Å². The molecule has 32 heavy (non-hydrogen) atoms. The zero-order valence-corrected chi connectivity index (χ0v) is 17.2. The molecule has 0 fully saturated rings. The van der Waals surface area contributed by atoms with Crippen LogP contribution in [0.25, 0.3) is 6.15 Å². The molecule has 0 bridgehead atoms. The van der Waals surface area contributed by atoms with Crippen LogP contribution in [0.4, 0.5) is 0 Å². The van der Waals surface area contributed by atoms with Gasteiger partial charge in [-0.3, -0.25) is 4.79 Å². The van der Waals surface area contributed by atoms with E-state index in [1.54, 1.807) is 72.8 Å². The Balaban J connectivity index is 0. The molecule has 8 nitrogen and oxygen atoms in total. The molecule has 3 aromatic carbocycles. The van der Waals surface area contributed by atoms with Crippen molar-refractivity contribution in [3.05, 3.63) is 114 Å². The first kappa shape index (κ1) is 29.9. The van der Waals surface area contributed by atoms with Crippen LogP contribution >= 0.6 is 0 Å². The molecular formula is C24H25N3O5. The second kappa shape index (κ2) is 18.8. The molecule has 0 heterocycles. The Morgan fingerprint density at radius 2 is 1.22 bits per heavy atom. The molecule has 0 aliphatic heterocycles. The largest absolute Gasteiger partial charge is 0.693 e. The number of benzene rings is 3. The van der Waals surface area contributed by atoms with Crippen molar-refractivity contribution < 1.29 is 24.9 Å². The Kier molecular flexibility index (Phi) is 17.6. The van der Waals surface area contributed by atoms with E-state index in [0.717, 1.165) is 11.8 Å². The zero-order chi connectivity index (χ0) is 23.5. The third-order valence-corrected chi connectivity index (χ3v) is 3.52. The first-order valence-corrected chi connectivity index (χ1v) is 8.87. The number of aliphatic hydroxyl groups is 2. The second-order valence-corrected chi connectivity index (χ2v) is 5.62. The molecule has 166 valence electrons. The minimum atomic E-state index is -1.41. The van der Waals surface area contributed by atoms with Crippen molar-refractivity contribution in [1.29, 1.82) is 10.7 Å². The molecule has 8 heteroatoms. The number of carboxylic acid groups (broad SMARTS) is 1. The number of carbonyl (C=O) groups excluding carboxylic acids is 1. The maximum absolute atomic E-state index is 10.2. The summed E-state index contributed by atoms with van der Waals surface area (Å²) < 4.78 is 0. The molecule has 0 saturated carbocycles. The number of nitriles is 1. The van der Waals surface area contributed by atoms with Gasteiger partial charge in [-0.05, 0) is 11.1 Å². The summed E-state index contributed by atoms with van der Waals surface area (Å²) in [5.41, 5.74) is 1.78. The molecule has 0 amide bonds. The van der Waals surface area contributed by atoms with Gasteiger partial charge in [0.15, 0.2) is 12.2 Å². The van der Waals surface area contributed by atoms with Gasteiger partial charge >= 0.3 is 12.7 Å². The SMILES string of the molecule is N#CC(O)c1ccccc1.O=C(O)C(O)c1ccccc1.O=Cc1ccccc1.[CH+]=N.[NH2-]. The Morgan fingerprint density at radius 1 is 0.844 bits per heavy atom. The Bertz CT molecular complexity index is 917. The fraction of sp³-hybridized carbons (Fsp3) is 0.0833. The highest BCUT2D eigenvalue weighted by atomic mass is 16.4. The normalized spacial score (nSPS) is 10.2. The van der Waals surface area contributed by atoms with E-state index in [2.05, 4.69) is 6.72 Å². The van der Waals surface area contributed by atoms with Crippen LogP contribution in [0.1, 0.15) is 33.7 Å². The van der Waals surface area contributed by atoms with Crippen molar-refractivity contribution in [2.75, 3.05) is 0 Å². The van der Waals surface area contributed by atoms with Gasteiger partial charge in [-0.2, -0.15) is 5.26 Å². The van der Waals surface area contributed by atoms with Crippen LogP contribution in [0.2, 0.25) is 0 Å². The van der Waals surface area contributed by atoms with Gasteiger partial charge in [-0.25, -0.2) is 4.79 Å². The van der Waals surface area contributed by atoms with Gasteiger partial charge in [0.2, 0.25) is 0 Å². The summed E-state index contributed by atoms with van der Waals surface area (Å²) in [5.74, 6) is -1.23. The molecule has 0 spiro atoms. The minimum absolute atomic E-state index is 0. The average molecular weight is 435 g/mol. The maximum atomic E-state index is 10.2. The number of rotatable bonds is 4. The van der Waals surface area contributed by atoms with E-state index < -0.39 is 18.2 Å². The average Bonchev–Trinajstić information content (AvgIpc) is 2.86. The summed E-state index contributed by atoms with van der Waals surface area (Å²) in [7, 11) is 0. The number of aldehydes is 1. The highest BCUT2D eigenvalue weighted by Crippen LogP contribution is 2.11. The molecule has 6 N–H and O–H groups in total. The summed E-state index contributed by atoms with van der Waals surface area (Å²) in [6.07, 6.45) is -1.56. The van der Waals surface area contributed by atoms with Gasteiger partial charge in [0.05, 0.1) is 6.07 Å². The fourth-order valence-electron chi connectivity index (χ4n) is 2.02. The smallest absolute Gasteiger partial charge is 0.338 e. The fourth-order valence-corrected chi connectivity index (χ4v) is 2.02. The summed E-state index contributed by atoms with van der Waals surface area (Å²) in [6.45, 7) is 3.75. The highest BCUT2D eigenvalue weighted by molar-refractivity contribution is 5.74. The lowest BCUT2D eigenvalue weighted by molar-refractivity contribution is -0.146. The lowest BCUT2D eigenvalue weighted by Gasteiger charge is -2.03. The highest BCUT2D eigenvalue weighted by Gasteiger charge is 2.14. The van der Waals surface area contributed by atoms with Gasteiger partial charge in [0.1, 0.15) is 6.29 Å². The number of nitrogens with one attached hydrogen (secondary N) is 1. The molecule has 0 aromatic heterocycles. The van der Waals surface area contributed by atoms with Gasteiger partial charge in [-0.15, -0.1) is 0 Å². The van der Waals surface area contributed by atoms with Gasteiger partial charge in [0, 0.05) is 5.56 Å². The van der Waals surface area contributed by atoms with E-state index in [4.69, 9.17) is 26.0 Å². The van der Waals surface area contributed by atoms with Crippen molar-refractivity contribution in [3.63, 3.8) is 0 Å². The Morgan fingerprint density at radius 3 is 1.53 bits per heavy atom. The van der Waals surface area contributed by atoms with Crippen molar-refractivity contribution in [1.82, 2.24) is 0 Å². The van der Waals surface area contributed by atoms with E-state index >= 15 is 0 Å². The Labute approximate surface area is 187 Å². The maximum Gasteiger partial charge on any atom is 0.338 e. The number of hydrogen-bond donors (Lipinski definition) is 4. The van der Waals surface area contributed by atoms with Gasteiger partial charge in [-0.1, -0.05) is 96.4 Å². The topological polar surface area (TPSA) is 176 Å². The van der Waals surface area contributed by atoms with Crippen molar-refractivity contribution in [3.8, 4) is 6.07 Å². The Hall–Kier alpha value is -4.25. The predicted molar refractivity (Wildman–Crippen MR) is 122 cm³/mol. The first-order chi connectivity index (χ1) is 15.0. The number of nitrogens with zero attached hydrogens (tertiary/aromatic N) is 1. The number of hydrogen-bond acceptors (Lipinski definition) is 6. The van der Waals surface area contributed by atoms with E-state index in [1.807, 2.05) is 24.3 Å². The summed E-state index contributed by atoms with van der Waals surface area (Å²) in [6, 6.07) is 27.9. The lowest BCUT2D eigenvalue weighted by atomic mass is 10.1. The molecule has 2 unspecified atom stereocenters. The lowest BCUT2D eigenvalue weighted by Crippen LogP contribution is -2.09. The molecule has 0 aliphatic carbocycles. The van der Waals surface area contributed by atoms with Crippen molar-refractivity contribution in [2.45, 2.75) is 12.2 Å². The second-order valence-electron chi connectivity index (χ2n) is 5.62. The third-order valence-electron chi connectivity index (χ3n) is 3.52. The summed E-state index contributed by atoms with van der Waals surface area (Å²) >= 11 is 0. The molecular weight excluding hydrogens is 410 g/mol. The van der Waals surface area contributed by atoms with Crippen LogP contribution < -0.4 is 0 Å². The number of aliphatic carboxylic acids is 1. The summed E-state index contributed by atoms with van der Waals surface area (Å²) in [4.78, 5) is 20.3. The number of carboxylic acids is 1. The van der Waals surface area contributed by atoms with Crippen LogP contribution in [0.5, 0.6) is 0 Å². The standard InChI is InChI=1S/C8H7NO.C8H8O3.C7H6O.CH2N.H2N/c9-6-8(10)7-4-2-1-3-5-7;9-7(8(10)11)6-4-2-1-3-5-6;8-6-7-4-2-1-3-5-7;1-2;/h1-5,8,10H;1-5,7,9H,(H,10,11);1-6H;1-2H;1H2/q;;;+1;-1. The minimum Gasteiger partial charge on any atom is -0.693 e. The monoisotopic (exact) mass is 435 g/mol. The molecule has 3 aromatic rings. The first-order valence-electron chi connectivity index (χ1n) is 8.87. The quantitative estimate of drug-likeness (QED) is 0.204. The molecule has 0 aliphatic rings. The zero-order valence-electron chi connectivity index (χ0n) is 17.2. The molecule has 3 rings (SSSR count). The summed E-state index contributed by atoms with van der Waals surface area (Å²) in [5, 5.41) is 39.9. The third kappa shape index (κ3) is 12.3. The number of carbonyl (C=O) groups is 2. The van der Waals surface area contributed by atoms with Gasteiger partial charge < -0.3 is 21.5 Å². The van der Waals surface area contributed by atoms with E-state index in [0.29, 0.717) is 11.1 Å². The molecule has 2 atom stereocenters. The molecule has 0 saturated heterocycles. The van der Waals surface area contributed by atoms with Gasteiger partial charge in [0.25, 0.3) is 0 Å². The van der Waals surface area contributed by atoms with Crippen LogP contribution in [0, 0.1) is 16.7 Å². The van der Waals surface area contributed by atoms with Crippen LogP contribution in [0.15, 0.2) is 91.0 Å². The molecule has 0 radical (unpaired) electrons. The van der Waals surface area contributed by atoms with Crippen LogP contribution in [-0.2, 0) is 4.79 Å². The van der Waals surface area contributed by atoms with Crippen LogP contribution in [0.3, 0.4) is 0 Å². The van der Waals surface area contributed by atoms with E-state index in [9.17, 15) is 9.59 Å². The van der Waals surface area contributed by atoms with Crippen molar-refractivity contribution in [2.24, 2.45) is 0 Å². The predicted octanol–water partition coefficient (Wildman–Crippen LogP) is 4.41. The van der Waals surface area contributed by atoms with Crippen LogP contribution in [-0.4, -0.2) is 34.3 Å². The number of nitrogens with two attached hydrogens (primary N) is 1. The number of aliphatic hydroxyl groups excluding tert-OH is 2. The van der Waals surface area contributed by atoms with E-state index in [-0.39, 0.29) is 6.15 Å².